The molecule has 30 heavy (non-hydrogen) atoms. The van der Waals surface area contributed by atoms with Gasteiger partial charge >= 0.3 is 0 Å². The highest BCUT2D eigenvalue weighted by Gasteiger charge is 2.33. The van der Waals surface area contributed by atoms with Gasteiger partial charge in [0.05, 0.1) is 10.6 Å². The van der Waals surface area contributed by atoms with E-state index in [9.17, 15) is 13.2 Å². The predicted octanol–water partition coefficient (Wildman–Crippen LogP) is 3.26. The van der Waals surface area contributed by atoms with Gasteiger partial charge in [-0.15, -0.1) is 22.7 Å². The van der Waals surface area contributed by atoms with E-state index >= 15 is 0 Å². The van der Waals surface area contributed by atoms with Crippen LogP contribution in [0, 0.1) is 19.8 Å². The maximum atomic E-state index is 12.8. The Kier molecular flexibility index (Phi) is 5.80. The molecule has 4 rings (SSSR count). The van der Waals surface area contributed by atoms with Crippen LogP contribution in [0.3, 0.4) is 0 Å². The topological polar surface area (TPSA) is 97.2 Å². The van der Waals surface area contributed by atoms with Gasteiger partial charge in [-0.3, -0.25) is 4.79 Å². The summed E-state index contributed by atoms with van der Waals surface area (Å²) in [4.78, 5) is 23.6. The number of hydrogen-bond donors (Lipinski definition) is 1. The Balaban J connectivity index is 1.36. The lowest BCUT2D eigenvalue weighted by Gasteiger charge is -2.29. The standard InChI is InChI=1S/C19H23N5O3S3/c1-12-4-5-16(29-12)15-11-28-19(21-15)22-18(25)14-6-8-24(9-7-14)30(26,27)17-10-23(3)13(2)20-17/h4-5,10-11,14H,6-9H2,1-3H3,(H,21,22,25). The lowest BCUT2D eigenvalue weighted by molar-refractivity contribution is -0.120. The largest absolute Gasteiger partial charge is 0.337 e. The number of hydrogen-bond acceptors (Lipinski definition) is 7. The van der Waals surface area contributed by atoms with Crippen molar-refractivity contribution >= 4 is 43.7 Å². The van der Waals surface area contributed by atoms with Gasteiger partial charge in [0.1, 0.15) is 5.82 Å². The van der Waals surface area contributed by atoms with Crippen molar-refractivity contribution < 1.29 is 13.2 Å². The number of aromatic nitrogens is 3. The van der Waals surface area contributed by atoms with Crippen LogP contribution in [0.5, 0.6) is 0 Å². The highest BCUT2D eigenvalue weighted by molar-refractivity contribution is 7.89. The molecule has 1 N–H and O–H groups in total. The first-order valence-electron chi connectivity index (χ1n) is 9.57. The number of carbonyl (C=O) groups excluding carboxylic acids is 1. The first-order valence-corrected chi connectivity index (χ1v) is 12.7. The normalized spacial score (nSPS) is 16.1. The SMILES string of the molecule is Cc1ccc(-c2csc(NC(=O)C3CCN(S(=O)(=O)c4cn(C)c(C)n4)CC3)n2)s1. The quantitative estimate of drug-likeness (QED) is 0.624. The van der Waals surface area contributed by atoms with Crippen molar-refractivity contribution in [3.05, 3.63) is 34.4 Å². The van der Waals surface area contributed by atoms with E-state index in [4.69, 9.17) is 0 Å². The summed E-state index contributed by atoms with van der Waals surface area (Å²) in [6.07, 6.45) is 2.47. The predicted molar refractivity (Wildman–Crippen MR) is 118 cm³/mol. The average molecular weight is 466 g/mol. The van der Waals surface area contributed by atoms with Crippen molar-refractivity contribution in [2.24, 2.45) is 13.0 Å². The van der Waals surface area contributed by atoms with E-state index < -0.39 is 10.0 Å². The van der Waals surface area contributed by atoms with Gasteiger partial charge in [0, 0.05) is 42.5 Å². The molecule has 0 atom stereocenters. The summed E-state index contributed by atoms with van der Waals surface area (Å²) in [5, 5.41) is 5.46. The number of thiazole rings is 1. The zero-order valence-corrected chi connectivity index (χ0v) is 19.4. The molecule has 1 saturated heterocycles. The highest BCUT2D eigenvalue weighted by Crippen LogP contribution is 2.31. The van der Waals surface area contributed by atoms with E-state index in [0.717, 1.165) is 10.6 Å². The number of thiophene rings is 1. The summed E-state index contributed by atoms with van der Waals surface area (Å²) in [6.45, 7) is 4.41. The minimum atomic E-state index is -3.64. The van der Waals surface area contributed by atoms with Gasteiger partial charge in [-0.25, -0.2) is 18.4 Å². The molecule has 0 saturated carbocycles. The first kappa shape index (κ1) is 21.2. The number of rotatable bonds is 5. The van der Waals surface area contributed by atoms with Gasteiger partial charge in [-0.1, -0.05) is 0 Å². The van der Waals surface area contributed by atoms with Crippen LogP contribution in [0.1, 0.15) is 23.5 Å². The van der Waals surface area contributed by atoms with Crippen LogP contribution in [0.25, 0.3) is 10.6 Å². The fourth-order valence-corrected chi connectivity index (χ4v) is 6.48. The first-order chi connectivity index (χ1) is 14.2. The number of anilines is 1. The van der Waals surface area contributed by atoms with E-state index in [1.807, 2.05) is 24.4 Å². The number of aryl methyl sites for hydroxylation is 3. The van der Waals surface area contributed by atoms with Gasteiger partial charge in [0.25, 0.3) is 10.0 Å². The van der Waals surface area contributed by atoms with Gasteiger partial charge in [-0.05, 0) is 38.8 Å². The summed E-state index contributed by atoms with van der Waals surface area (Å²) in [5.41, 5.74) is 0.861. The molecule has 3 aromatic rings. The molecule has 11 heteroatoms. The van der Waals surface area contributed by atoms with Gasteiger partial charge in [-0.2, -0.15) is 4.31 Å². The third-order valence-electron chi connectivity index (χ3n) is 5.24. The molecule has 1 aliphatic rings. The van der Waals surface area contributed by atoms with Crippen LogP contribution in [0.4, 0.5) is 5.13 Å². The van der Waals surface area contributed by atoms with Crippen molar-refractivity contribution in [2.45, 2.75) is 31.7 Å². The number of sulfonamides is 1. The molecule has 1 fully saturated rings. The fraction of sp³-hybridized carbons (Fsp3) is 0.421. The van der Waals surface area contributed by atoms with E-state index in [-0.39, 0.29) is 16.9 Å². The van der Waals surface area contributed by atoms with Crippen LogP contribution in [0.2, 0.25) is 0 Å². The van der Waals surface area contributed by atoms with Crippen LogP contribution in [0.15, 0.2) is 28.7 Å². The van der Waals surface area contributed by atoms with E-state index in [1.165, 1.54) is 26.7 Å². The minimum Gasteiger partial charge on any atom is -0.337 e. The Morgan fingerprint density at radius 2 is 1.93 bits per heavy atom. The van der Waals surface area contributed by atoms with Crippen LogP contribution < -0.4 is 5.32 Å². The van der Waals surface area contributed by atoms with Gasteiger partial charge in [0.2, 0.25) is 5.91 Å². The zero-order chi connectivity index (χ0) is 21.5. The maximum absolute atomic E-state index is 12.8. The average Bonchev–Trinajstić information content (AvgIpc) is 3.43. The highest BCUT2D eigenvalue weighted by atomic mass is 32.2. The van der Waals surface area contributed by atoms with Gasteiger partial charge in [0.15, 0.2) is 10.2 Å². The summed E-state index contributed by atoms with van der Waals surface area (Å²) >= 11 is 3.06. The van der Waals surface area contributed by atoms with Crippen LogP contribution >= 0.6 is 22.7 Å². The minimum absolute atomic E-state index is 0.0598. The van der Waals surface area contributed by atoms with Gasteiger partial charge < -0.3 is 9.88 Å². The van der Waals surface area contributed by atoms with Crippen molar-refractivity contribution in [1.82, 2.24) is 18.8 Å². The molecule has 160 valence electrons. The summed E-state index contributed by atoms with van der Waals surface area (Å²) < 4.78 is 28.7. The Labute approximate surface area is 183 Å². The molecule has 0 aliphatic carbocycles. The lowest BCUT2D eigenvalue weighted by atomic mass is 9.97. The van der Waals surface area contributed by atoms with Crippen LogP contribution in [-0.4, -0.2) is 46.3 Å². The molecule has 0 bridgehead atoms. The monoisotopic (exact) mass is 465 g/mol. The molecule has 0 radical (unpaired) electrons. The van der Waals surface area contributed by atoms with Crippen molar-refractivity contribution in [3.8, 4) is 10.6 Å². The number of nitrogens with one attached hydrogen (secondary N) is 1. The lowest BCUT2D eigenvalue weighted by Crippen LogP contribution is -2.41. The molecular formula is C19H23N5O3S3. The molecular weight excluding hydrogens is 442 g/mol. The second kappa shape index (κ2) is 8.22. The molecule has 3 aromatic heterocycles. The summed E-state index contributed by atoms with van der Waals surface area (Å²) in [7, 11) is -1.87. The van der Waals surface area contributed by atoms with Crippen molar-refractivity contribution in [1.29, 1.82) is 0 Å². The summed E-state index contributed by atoms with van der Waals surface area (Å²) in [6, 6.07) is 4.08. The molecule has 0 aromatic carbocycles. The molecule has 1 amide bonds. The van der Waals surface area contributed by atoms with E-state index in [0.29, 0.717) is 36.9 Å². The van der Waals surface area contributed by atoms with Crippen molar-refractivity contribution in [2.75, 3.05) is 18.4 Å². The number of imidazole rings is 1. The second-order valence-corrected chi connectivity index (χ2v) is 11.4. The molecule has 1 aliphatic heterocycles. The Hall–Kier alpha value is -2.08. The molecule has 0 spiro atoms. The number of nitrogens with zero attached hydrogens (tertiary/aromatic N) is 4. The molecule has 4 heterocycles. The smallest absolute Gasteiger partial charge is 0.262 e. The molecule has 8 nitrogen and oxygen atoms in total. The maximum Gasteiger partial charge on any atom is 0.262 e. The number of piperidine rings is 1. The Morgan fingerprint density at radius 3 is 2.53 bits per heavy atom. The third-order valence-corrected chi connectivity index (χ3v) is 8.79. The number of amides is 1. The third kappa shape index (κ3) is 4.20. The zero-order valence-electron chi connectivity index (χ0n) is 17.0. The Bertz CT molecular complexity index is 1150. The Morgan fingerprint density at radius 1 is 1.20 bits per heavy atom. The fourth-order valence-electron chi connectivity index (χ4n) is 3.37. The molecule has 0 unspecified atom stereocenters. The summed E-state index contributed by atoms with van der Waals surface area (Å²) in [5.74, 6) is 0.297. The van der Waals surface area contributed by atoms with E-state index in [2.05, 4.69) is 15.3 Å². The second-order valence-electron chi connectivity index (χ2n) is 7.35. The van der Waals surface area contributed by atoms with Crippen LogP contribution in [-0.2, 0) is 21.9 Å². The number of carbonyl (C=O) groups is 1. The van der Waals surface area contributed by atoms with Crippen molar-refractivity contribution in [3.63, 3.8) is 0 Å². The van der Waals surface area contributed by atoms with E-state index in [1.54, 1.807) is 29.9 Å².